The fraction of sp³-hybridized carbons (Fsp3) is 0.160. The number of benzene rings is 2. The lowest BCUT2D eigenvalue weighted by molar-refractivity contribution is 0.0948. The minimum atomic E-state index is -0.349. The highest BCUT2D eigenvalue weighted by Crippen LogP contribution is 2.31. The summed E-state index contributed by atoms with van der Waals surface area (Å²) in [4.78, 5) is 24.4. The molecule has 0 aliphatic heterocycles. The summed E-state index contributed by atoms with van der Waals surface area (Å²) in [6, 6.07) is 18.0. The molecule has 35 heavy (non-hydrogen) atoms. The third kappa shape index (κ3) is 6.23. The Kier molecular flexibility index (Phi) is 7.74. The molecule has 0 radical (unpaired) electrons. The summed E-state index contributed by atoms with van der Waals surface area (Å²) in [7, 11) is 0. The molecule has 0 fully saturated rings. The van der Waals surface area contributed by atoms with Crippen molar-refractivity contribution in [3.8, 4) is 5.75 Å². The molecule has 0 aliphatic carbocycles. The lowest BCUT2D eigenvalue weighted by Gasteiger charge is -2.09. The fourth-order valence-corrected chi connectivity index (χ4v) is 3.78. The molecule has 180 valence electrons. The van der Waals surface area contributed by atoms with E-state index >= 15 is 0 Å². The number of nitrogen functional groups attached to an aromatic ring is 1. The van der Waals surface area contributed by atoms with E-state index in [2.05, 4.69) is 10.4 Å². The Balaban J connectivity index is 1.30. The van der Waals surface area contributed by atoms with Gasteiger partial charge in [0.05, 0.1) is 24.7 Å². The molecule has 10 heteroatoms. The van der Waals surface area contributed by atoms with E-state index in [1.54, 1.807) is 45.9 Å². The number of rotatable bonds is 9. The van der Waals surface area contributed by atoms with E-state index in [9.17, 15) is 9.59 Å². The molecule has 0 bridgehead atoms. The molecule has 3 N–H and O–H groups in total. The highest BCUT2D eigenvalue weighted by molar-refractivity contribution is 6.42. The zero-order valence-corrected chi connectivity index (χ0v) is 20.2. The van der Waals surface area contributed by atoms with Crippen molar-refractivity contribution in [1.29, 1.82) is 0 Å². The van der Waals surface area contributed by atoms with Gasteiger partial charge in [-0.3, -0.25) is 14.3 Å². The maximum atomic E-state index is 12.5. The fourth-order valence-electron chi connectivity index (χ4n) is 3.43. The van der Waals surface area contributed by atoms with Crippen LogP contribution in [-0.2, 0) is 13.1 Å². The minimum absolute atomic E-state index is 0.0470. The standard InChI is InChI=1S/C25H23Cl2N5O3/c26-20-4-3-5-21(23(20)27)35-13-11-29-25(34)19-16-32(30-24(19)28)15-18-9-7-17(8-10-18)14-31-12-2-1-6-22(31)33/h1-10,12,16H,11,13-15H2,(H2,28,30)(H,29,34). The Labute approximate surface area is 211 Å². The molecule has 0 saturated carbocycles. The Morgan fingerprint density at radius 1 is 1.00 bits per heavy atom. The van der Waals surface area contributed by atoms with Crippen LogP contribution >= 0.6 is 23.2 Å². The van der Waals surface area contributed by atoms with Gasteiger partial charge in [-0.25, -0.2) is 0 Å². The van der Waals surface area contributed by atoms with Gasteiger partial charge < -0.3 is 20.4 Å². The number of nitrogens with two attached hydrogens (primary N) is 1. The largest absolute Gasteiger partial charge is 0.490 e. The van der Waals surface area contributed by atoms with Crippen molar-refractivity contribution in [3.05, 3.63) is 110 Å². The molecule has 0 spiro atoms. The molecule has 2 aromatic heterocycles. The van der Waals surface area contributed by atoms with Crippen molar-refractivity contribution in [2.24, 2.45) is 0 Å². The van der Waals surface area contributed by atoms with Gasteiger partial charge >= 0.3 is 0 Å². The number of hydrogen-bond donors (Lipinski definition) is 2. The molecule has 2 heterocycles. The van der Waals surface area contributed by atoms with Gasteiger partial charge in [0.15, 0.2) is 5.82 Å². The van der Waals surface area contributed by atoms with Crippen LogP contribution in [0.25, 0.3) is 0 Å². The van der Waals surface area contributed by atoms with Crippen LogP contribution in [0.2, 0.25) is 10.0 Å². The third-order valence-corrected chi connectivity index (χ3v) is 6.02. The Hall–Kier alpha value is -3.75. The van der Waals surface area contributed by atoms with Crippen LogP contribution in [-0.4, -0.2) is 33.4 Å². The van der Waals surface area contributed by atoms with Crippen LogP contribution in [0.1, 0.15) is 21.5 Å². The highest BCUT2D eigenvalue weighted by atomic mass is 35.5. The number of hydrogen-bond acceptors (Lipinski definition) is 5. The number of amides is 1. The number of halogens is 2. The number of nitrogens with one attached hydrogen (secondary N) is 1. The second kappa shape index (κ2) is 11.1. The quantitative estimate of drug-likeness (QED) is 0.332. The van der Waals surface area contributed by atoms with Crippen LogP contribution in [0.5, 0.6) is 5.75 Å². The molecular weight excluding hydrogens is 489 g/mol. The maximum Gasteiger partial charge on any atom is 0.256 e. The van der Waals surface area contributed by atoms with Crippen LogP contribution in [0, 0.1) is 0 Å². The van der Waals surface area contributed by atoms with E-state index in [0.29, 0.717) is 28.9 Å². The van der Waals surface area contributed by atoms with E-state index in [4.69, 9.17) is 33.7 Å². The summed E-state index contributed by atoms with van der Waals surface area (Å²) in [5.74, 6) is 0.238. The van der Waals surface area contributed by atoms with Gasteiger partial charge in [-0.1, -0.05) is 59.6 Å². The summed E-state index contributed by atoms with van der Waals surface area (Å²) in [6.45, 7) is 1.39. The highest BCUT2D eigenvalue weighted by Gasteiger charge is 2.14. The zero-order chi connectivity index (χ0) is 24.8. The normalized spacial score (nSPS) is 10.8. The molecular formula is C25H23Cl2N5O3. The van der Waals surface area contributed by atoms with Gasteiger partial charge in [0.1, 0.15) is 22.9 Å². The first-order chi connectivity index (χ1) is 16.9. The van der Waals surface area contributed by atoms with Gasteiger partial charge in [-0.15, -0.1) is 0 Å². The average molecular weight is 512 g/mol. The Morgan fingerprint density at radius 2 is 1.74 bits per heavy atom. The topological polar surface area (TPSA) is 104 Å². The van der Waals surface area contributed by atoms with Crippen molar-refractivity contribution in [3.63, 3.8) is 0 Å². The predicted octanol–water partition coefficient (Wildman–Crippen LogP) is 3.84. The van der Waals surface area contributed by atoms with Crippen LogP contribution in [0.15, 0.2) is 77.9 Å². The summed E-state index contributed by atoms with van der Waals surface area (Å²) >= 11 is 12.1. The first-order valence-corrected chi connectivity index (χ1v) is 11.6. The van der Waals surface area contributed by atoms with Gasteiger partial charge in [-0.05, 0) is 29.3 Å². The molecule has 4 aromatic rings. The zero-order valence-electron chi connectivity index (χ0n) is 18.7. The van der Waals surface area contributed by atoms with Gasteiger partial charge in [0, 0.05) is 18.5 Å². The van der Waals surface area contributed by atoms with Gasteiger partial charge in [0.2, 0.25) is 0 Å². The molecule has 0 aliphatic rings. The molecule has 0 unspecified atom stereocenters. The second-order valence-electron chi connectivity index (χ2n) is 7.77. The average Bonchev–Trinajstić information content (AvgIpc) is 3.22. The van der Waals surface area contributed by atoms with Crippen LogP contribution in [0.3, 0.4) is 0 Å². The molecule has 1 amide bonds. The Bertz CT molecular complexity index is 1380. The summed E-state index contributed by atoms with van der Waals surface area (Å²) < 4.78 is 8.83. The summed E-state index contributed by atoms with van der Waals surface area (Å²) in [5.41, 5.74) is 8.18. The molecule has 8 nitrogen and oxygen atoms in total. The van der Waals surface area contributed by atoms with E-state index in [-0.39, 0.29) is 36.0 Å². The van der Waals surface area contributed by atoms with Crippen LogP contribution in [0.4, 0.5) is 5.82 Å². The third-order valence-electron chi connectivity index (χ3n) is 5.22. The number of pyridine rings is 1. The first-order valence-electron chi connectivity index (χ1n) is 10.8. The van der Waals surface area contributed by atoms with E-state index in [1.807, 2.05) is 30.3 Å². The minimum Gasteiger partial charge on any atom is -0.490 e. The predicted molar refractivity (Wildman–Crippen MR) is 136 cm³/mol. The smallest absolute Gasteiger partial charge is 0.256 e. The number of nitrogens with zero attached hydrogens (tertiary/aromatic N) is 3. The Morgan fingerprint density at radius 3 is 2.49 bits per heavy atom. The number of anilines is 1. The number of carbonyl (C=O) groups excluding carboxylic acids is 1. The van der Waals surface area contributed by atoms with Crippen molar-refractivity contribution in [2.75, 3.05) is 18.9 Å². The summed E-state index contributed by atoms with van der Waals surface area (Å²) in [5, 5.41) is 7.73. The van der Waals surface area contributed by atoms with E-state index in [0.717, 1.165) is 11.1 Å². The maximum absolute atomic E-state index is 12.5. The first kappa shape index (κ1) is 24.4. The van der Waals surface area contributed by atoms with E-state index in [1.165, 1.54) is 6.07 Å². The second-order valence-corrected chi connectivity index (χ2v) is 8.55. The SMILES string of the molecule is Nc1nn(Cc2ccc(Cn3ccccc3=O)cc2)cc1C(=O)NCCOc1cccc(Cl)c1Cl. The molecule has 2 aromatic carbocycles. The summed E-state index contributed by atoms with van der Waals surface area (Å²) in [6.07, 6.45) is 3.37. The monoisotopic (exact) mass is 511 g/mol. The van der Waals surface area contributed by atoms with Crippen molar-refractivity contribution in [2.45, 2.75) is 13.1 Å². The molecule has 0 atom stereocenters. The molecule has 0 saturated heterocycles. The van der Waals surface area contributed by atoms with Crippen molar-refractivity contribution in [1.82, 2.24) is 19.7 Å². The lowest BCUT2D eigenvalue weighted by Crippen LogP contribution is -2.28. The van der Waals surface area contributed by atoms with Crippen LogP contribution < -0.4 is 21.3 Å². The number of carbonyl (C=O) groups is 1. The molecule has 4 rings (SSSR count). The van der Waals surface area contributed by atoms with Crippen molar-refractivity contribution < 1.29 is 9.53 Å². The lowest BCUT2D eigenvalue weighted by atomic mass is 10.1. The van der Waals surface area contributed by atoms with Gasteiger partial charge in [-0.2, -0.15) is 5.10 Å². The van der Waals surface area contributed by atoms with E-state index < -0.39 is 0 Å². The number of ether oxygens (including phenoxy) is 1. The van der Waals surface area contributed by atoms with Gasteiger partial charge in [0.25, 0.3) is 11.5 Å². The number of aromatic nitrogens is 3. The van der Waals surface area contributed by atoms with Crippen molar-refractivity contribution >= 4 is 34.9 Å².